The van der Waals surface area contributed by atoms with Crippen molar-refractivity contribution in [2.24, 2.45) is 11.7 Å². The average molecular weight is 224 g/mol. The van der Waals surface area contributed by atoms with E-state index in [0.29, 0.717) is 12.5 Å². The zero-order chi connectivity index (χ0) is 12.3. The molecule has 0 bridgehead atoms. The number of hydrogen-bond acceptors (Lipinski definition) is 2. The van der Waals surface area contributed by atoms with Crippen LogP contribution in [0, 0.1) is 11.7 Å². The maximum absolute atomic E-state index is 12.8. The molecular weight excluding hydrogens is 203 g/mol. The second-order valence-electron chi connectivity index (χ2n) is 4.75. The lowest BCUT2D eigenvalue weighted by molar-refractivity contribution is 0.333. The summed E-state index contributed by atoms with van der Waals surface area (Å²) in [4.78, 5) is 2.12. The average Bonchev–Trinajstić information content (AvgIpc) is 2.27. The number of benzene rings is 1. The van der Waals surface area contributed by atoms with Crippen LogP contribution in [0.15, 0.2) is 24.3 Å². The summed E-state index contributed by atoms with van der Waals surface area (Å²) < 4.78 is 12.8. The van der Waals surface area contributed by atoms with Crippen molar-refractivity contribution < 1.29 is 4.39 Å². The fraction of sp³-hybridized carbons (Fsp3) is 0.538. The fourth-order valence-corrected chi connectivity index (χ4v) is 1.72. The normalized spacial score (nSPS) is 14.9. The van der Waals surface area contributed by atoms with Crippen molar-refractivity contribution in [3.8, 4) is 0 Å². The quantitative estimate of drug-likeness (QED) is 0.852. The molecule has 1 rings (SSSR count). The van der Waals surface area contributed by atoms with Crippen molar-refractivity contribution in [3.63, 3.8) is 0 Å². The van der Waals surface area contributed by atoms with Crippen LogP contribution in [0.3, 0.4) is 0 Å². The van der Waals surface area contributed by atoms with Gasteiger partial charge in [-0.2, -0.15) is 0 Å². The van der Waals surface area contributed by atoms with Crippen LogP contribution in [-0.4, -0.2) is 19.1 Å². The van der Waals surface area contributed by atoms with Crippen LogP contribution in [0.2, 0.25) is 0 Å². The molecule has 0 heterocycles. The maximum Gasteiger partial charge on any atom is 0.123 e. The Morgan fingerprint density at radius 3 is 2.19 bits per heavy atom. The van der Waals surface area contributed by atoms with Crippen LogP contribution >= 0.6 is 0 Å². The van der Waals surface area contributed by atoms with Gasteiger partial charge in [0.1, 0.15) is 5.82 Å². The molecule has 0 aliphatic rings. The van der Waals surface area contributed by atoms with E-state index in [1.807, 2.05) is 7.05 Å². The van der Waals surface area contributed by atoms with Crippen molar-refractivity contribution in [3.05, 3.63) is 30.1 Å². The Morgan fingerprint density at radius 2 is 1.81 bits per heavy atom. The second kappa shape index (κ2) is 4.83. The molecule has 3 heteroatoms. The van der Waals surface area contributed by atoms with Crippen LogP contribution in [0.25, 0.3) is 0 Å². The molecular formula is C13H21FN2. The van der Waals surface area contributed by atoms with Crippen molar-refractivity contribution in [1.82, 2.24) is 0 Å². The number of nitrogens with two attached hydrogens (primary N) is 1. The molecule has 0 aliphatic carbocycles. The smallest absolute Gasteiger partial charge is 0.123 e. The minimum Gasteiger partial charge on any atom is -0.368 e. The number of rotatable bonds is 4. The van der Waals surface area contributed by atoms with Crippen molar-refractivity contribution in [2.75, 3.05) is 18.5 Å². The van der Waals surface area contributed by atoms with Gasteiger partial charge in [-0.15, -0.1) is 0 Å². The van der Waals surface area contributed by atoms with E-state index in [4.69, 9.17) is 5.73 Å². The molecule has 2 N–H and O–H groups in total. The third kappa shape index (κ3) is 2.35. The minimum absolute atomic E-state index is 0.113. The molecule has 16 heavy (non-hydrogen) atoms. The first-order valence-electron chi connectivity index (χ1n) is 5.61. The number of anilines is 1. The molecule has 0 aliphatic heterocycles. The van der Waals surface area contributed by atoms with Gasteiger partial charge in [0.05, 0.1) is 5.54 Å². The van der Waals surface area contributed by atoms with E-state index < -0.39 is 0 Å². The van der Waals surface area contributed by atoms with Crippen LogP contribution in [0.4, 0.5) is 10.1 Å². The van der Waals surface area contributed by atoms with Crippen molar-refractivity contribution in [2.45, 2.75) is 26.3 Å². The predicted octanol–water partition coefficient (Wildman–Crippen LogP) is 2.64. The molecule has 0 saturated carbocycles. The lowest BCUT2D eigenvalue weighted by Gasteiger charge is -2.43. The van der Waals surface area contributed by atoms with Crippen LogP contribution in [0.5, 0.6) is 0 Å². The molecule has 0 amide bonds. The highest BCUT2D eigenvalue weighted by Crippen LogP contribution is 2.27. The second-order valence-corrected chi connectivity index (χ2v) is 4.75. The third-order valence-corrected chi connectivity index (χ3v) is 3.64. The monoisotopic (exact) mass is 224 g/mol. The molecule has 2 nitrogen and oxygen atoms in total. The summed E-state index contributed by atoms with van der Waals surface area (Å²) in [6.07, 6.45) is 0. The van der Waals surface area contributed by atoms with Gasteiger partial charge in [-0.05, 0) is 37.1 Å². The van der Waals surface area contributed by atoms with Gasteiger partial charge in [0.2, 0.25) is 0 Å². The minimum atomic E-state index is -0.212. The van der Waals surface area contributed by atoms with E-state index in [2.05, 4.69) is 25.7 Å². The summed E-state index contributed by atoms with van der Waals surface area (Å²) in [5.41, 5.74) is 6.74. The molecule has 0 fully saturated rings. The zero-order valence-corrected chi connectivity index (χ0v) is 10.5. The molecule has 0 saturated heterocycles. The van der Waals surface area contributed by atoms with E-state index in [9.17, 15) is 4.39 Å². The zero-order valence-electron chi connectivity index (χ0n) is 10.5. The maximum atomic E-state index is 12.8. The standard InChI is InChI=1S/C13H21FN2/c1-10(2)13(3,9-15)16(4)12-7-5-11(14)6-8-12/h5-8,10H,9,15H2,1-4H3. The van der Waals surface area contributed by atoms with E-state index in [1.54, 1.807) is 12.1 Å². The summed E-state index contributed by atoms with van der Waals surface area (Å²) in [6.45, 7) is 6.99. The van der Waals surface area contributed by atoms with Crippen LogP contribution in [0.1, 0.15) is 20.8 Å². The first kappa shape index (κ1) is 13.0. The molecule has 90 valence electrons. The Kier molecular flexibility index (Phi) is 3.92. The SMILES string of the molecule is CC(C)C(C)(CN)N(C)c1ccc(F)cc1. The molecule has 1 aromatic carbocycles. The van der Waals surface area contributed by atoms with Gasteiger partial charge < -0.3 is 10.6 Å². The summed E-state index contributed by atoms with van der Waals surface area (Å²) in [7, 11) is 2.00. The molecule has 1 unspecified atom stereocenters. The highest BCUT2D eigenvalue weighted by atomic mass is 19.1. The Balaban J connectivity index is 3.00. The van der Waals surface area contributed by atoms with Gasteiger partial charge in [-0.3, -0.25) is 0 Å². The topological polar surface area (TPSA) is 29.3 Å². The molecule has 1 aromatic rings. The highest BCUT2D eigenvalue weighted by molar-refractivity contribution is 5.48. The summed E-state index contributed by atoms with van der Waals surface area (Å²) in [6, 6.07) is 6.52. The third-order valence-electron chi connectivity index (χ3n) is 3.64. The fourth-order valence-electron chi connectivity index (χ4n) is 1.72. The van der Waals surface area contributed by atoms with Gasteiger partial charge in [0, 0.05) is 19.3 Å². The lowest BCUT2D eigenvalue weighted by Crippen LogP contribution is -2.53. The molecule has 0 aromatic heterocycles. The molecule has 0 radical (unpaired) electrons. The van der Waals surface area contributed by atoms with Gasteiger partial charge >= 0.3 is 0 Å². The largest absolute Gasteiger partial charge is 0.368 e. The van der Waals surface area contributed by atoms with E-state index in [0.717, 1.165) is 5.69 Å². The molecule has 0 spiro atoms. The van der Waals surface area contributed by atoms with E-state index in [-0.39, 0.29) is 11.4 Å². The van der Waals surface area contributed by atoms with Crippen LogP contribution in [-0.2, 0) is 0 Å². The predicted molar refractivity (Wildman–Crippen MR) is 67.1 cm³/mol. The Labute approximate surface area is 97.3 Å². The first-order valence-corrected chi connectivity index (χ1v) is 5.61. The highest BCUT2D eigenvalue weighted by Gasteiger charge is 2.31. The van der Waals surface area contributed by atoms with E-state index in [1.165, 1.54) is 12.1 Å². The van der Waals surface area contributed by atoms with Gasteiger partial charge in [-0.1, -0.05) is 13.8 Å². The first-order chi connectivity index (χ1) is 7.41. The van der Waals surface area contributed by atoms with Gasteiger partial charge in [0.15, 0.2) is 0 Å². The van der Waals surface area contributed by atoms with Crippen molar-refractivity contribution in [1.29, 1.82) is 0 Å². The number of halogens is 1. The van der Waals surface area contributed by atoms with Gasteiger partial charge in [-0.25, -0.2) is 4.39 Å². The lowest BCUT2D eigenvalue weighted by atomic mass is 9.86. The Hall–Kier alpha value is -1.09. The Morgan fingerprint density at radius 1 is 1.31 bits per heavy atom. The summed E-state index contributed by atoms with van der Waals surface area (Å²) in [5.74, 6) is 0.212. The van der Waals surface area contributed by atoms with Gasteiger partial charge in [0.25, 0.3) is 0 Å². The summed E-state index contributed by atoms with van der Waals surface area (Å²) in [5, 5.41) is 0. The van der Waals surface area contributed by atoms with Crippen LogP contribution < -0.4 is 10.6 Å². The number of likely N-dealkylation sites (N-methyl/N-ethyl adjacent to an activating group) is 1. The van der Waals surface area contributed by atoms with E-state index >= 15 is 0 Å². The summed E-state index contributed by atoms with van der Waals surface area (Å²) >= 11 is 0. The Bertz CT molecular complexity index is 334. The van der Waals surface area contributed by atoms with Crippen molar-refractivity contribution >= 4 is 5.69 Å². The molecule has 1 atom stereocenters. The number of nitrogens with zero attached hydrogens (tertiary/aromatic N) is 1. The number of hydrogen-bond donors (Lipinski definition) is 1.